The molecule has 1 fully saturated rings. The maximum Gasteiger partial charge on any atom is 0.232 e. The van der Waals surface area contributed by atoms with Gasteiger partial charge >= 0.3 is 0 Å². The molecular formula is C24H29FN2O3S. The first-order valence-electron chi connectivity index (χ1n) is 10.5. The Kier molecular flexibility index (Phi) is 8.35. The Labute approximate surface area is 187 Å². The summed E-state index contributed by atoms with van der Waals surface area (Å²) in [5, 5.41) is 2.90. The number of nitrogens with zero attached hydrogens (tertiary/aromatic N) is 1. The average molecular weight is 445 g/mol. The van der Waals surface area contributed by atoms with Gasteiger partial charge in [0.05, 0.1) is 18.6 Å². The van der Waals surface area contributed by atoms with Crippen molar-refractivity contribution in [1.82, 2.24) is 10.2 Å². The highest BCUT2D eigenvalue weighted by Gasteiger charge is 2.32. The van der Waals surface area contributed by atoms with Gasteiger partial charge in [-0.3, -0.25) is 9.59 Å². The van der Waals surface area contributed by atoms with E-state index in [0.717, 1.165) is 29.7 Å². The number of hydrogen-bond acceptors (Lipinski definition) is 4. The number of thioether (sulfide) groups is 1. The zero-order valence-corrected chi connectivity index (χ0v) is 18.8. The topological polar surface area (TPSA) is 58.6 Å². The van der Waals surface area contributed by atoms with E-state index in [9.17, 15) is 14.0 Å². The summed E-state index contributed by atoms with van der Waals surface area (Å²) in [5.74, 6) is 1.32. The number of nitrogens with one attached hydrogen (secondary N) is 1. The van der Waals surface area contributed by atoms with Crippen LogP contribution in [0.3, 0.4) is 0 Å². The van der Waals surface area contributed by atoms with Crippen molar-refractivity contribution in [3.63, 3.8) is 0 Å². The molecule has 2 aromatic carbocycles. The molecule has 2 atom stereocenters. The van der Waals surface area contributed by atoms with Crippen molar-refractivity contribution >= 4 is 23.6 Å². The smallest absolute Gasteiger partial charge is 0.232 e. The van der Waals surface area contributed by atoms with Crippen LogP contribution in [0.1, 0.15) is 30.4 Å². The predicted octanol–water partition coefficient (Wildman–Crippen LogP) is 3.63. The van der Waals surface area contributed by atoms with E-state index in [2.05, 4.69) is 5.32 Å². The molecule has 7 heteroatoms. The first kappa shape index (κ1) is 23.1. The molecule has 31 heavy (non-hydrogen) atoms. The van der Waals surface area contributed by atoms with Crippen LogP contribution < -0.4 is 10.1 Å². The number of carbonyl (C=O) groups excluding carboxylic acids is 2. The van der Waals surface area contributed by atoms with Gasteiger partial charge in [0, 0.05) is 25.0 Å². The number of benzene rings is 2. The first-order chi connectivity index (χ1) is 15.0. The lowest BCUT2D eigenvalue weighted by molar-refractivity contribution is -0.128. The molecule has 2 unspecified atom stereocenters. The zero-order chi connectivity index (χ0) is 22.2. The molecule has 1 heterocycles. The molecule has 1 aliphatic heterocycles. The average Bonchev–Trinajstić information content (AvgIpc) is 3.16. The summed E-state index contributed by atoms with van der Waals surface area (Å²) in [4.78, 5) is 26.6. The monoisotopic (exact) mass is 444 g/mol. The van der Waals surface area contributed by atoms with E-state index >= 15 is 0 Å². The van der Waals surface area contributed by atoms with Gasteiger partial charge in [0.1, 0.15) is 11.6 Å². The number of rotatable bonds is 9. The molecule has 1 N–H and O–H groups in total. The Balaban J connectivity index is 1.35. The van der Waals surface area contributed by atoms with E-state index in [1.54, 1.807) is 19.2 Å². The Morgan fingerprint density at radius 1 is 1.13 bits per heavy atom. The molecule has 0 radical (unpaired) electrons. The summed E-state index contributed by atoms with van der Waals surface area (Å²) in [6.45, 7) is 3.24. The van der Waals surface area contributed by atoms with Crippen LogP contribution in [0.2, 0.25) is 0 Å². The molecule has 2 amide bonds. The highest BCUT2D eigenvalue weighted by molar-refractivity contribution is 8.00. The lowest BCUT2D eigenvalue weighted by Gasteiger charge is -2.21. The normalized spacial score (nSPS) is 18.1. The van der Waals surface area contributed by atoms with E-state index in [-0.39, 0.29) is 41.1 Å². The van der Waals surface area contributed by atoms with Crippen LogP contribution in [0.4, 0.5) is 4.39 Å². The standard InChI is InChI=1S/C24H29FN2O3S/c1-17-13-20(19-5-7-21(25)8-6-19)14-27(17)24(29)16-31-15-23(28)26-12-11-18-3-9-22(30-2)10-4-18/h3-10,17,20H,11-16H2,1-2H3,(H,26,28). The van der Waals surface area contributed by atoms with Crippen LogP contribution in [0.5, 0.6) is 5.75 Å². The zero-order valence-electron chi connectivity index (χ0n) is 18.0. The third kappa shape index (κ3) is 6.72. The van der Waals surface area contributed by atoms with Gasteiger partial charge in [-0.1, -0.05) is 24.3 Å². The summed E-state index contributed by atoms with van der Waals surface area (Å²) < 4.78 is 18.3. The molecule has 2 aromatic rings. The summed E-state index contributed by atoms with van der Waals surface area (Å²) >= 11 is 1.34. The van der Waals surface area contributed by atoms with Crippen molar-refractivity contribution in [2.24, 2.45) is 0 Å². The van der Waals surface area contributed by atoms with E-state index < -0.39 is 0 Å². The Bertz CT molecular complexity index is 873. The largest absolute Gasteiger partial charge is 0.497 e. The summed E-state index contributed by atoms with van der Waals surface area (Å²) in [6.07, 6.45) is 1.61. The second kappa shape index (κ2) is 11.2. The number of hydrogen-bond donors (Lipinski definition) is 1. The molecule has 0 aliphatic carbocycles. The number of halogens is 1. The molecule has 5 nitrogen and oxygen atoms in total. The van der Waals surface area contributed by atoms with Crippen LogP contribution in [-0.2, 0) is 16.0 Å². The van der Waals surface area contributed by atoms with Gasteiger partial charge in [-0.25, -0.2) is 4.39 Å². The van der Waals surface area contributed by atoms with Crippen LogP contribution in [0.15, 0.2) is 48.5 Å². The molecule has 1 saturated heterocycles. The van der Waals surface area contributed by atoms with Crippen molar-refractivity contribution in [3.8, 4) is 5.75 Å². The third-order valence-corrected chi connectivity index (χ3v) is 6.51. The molecule has 3 rings (SSSR count). The van der Waals surface area contributed by atoms with E-state index in [0.29, 0.717) is 13.1 Å². The third-order valence-electron chi connectivity index (χ3n) is 5.59. The Morgan fingerprint density at radius 2 is 1.84 bits per heavy atom. The lowest BCUT2D eigenvalue weighted by Crippen LogP contribution is -2.35. The van der Waals surface area contributed by atoms with Crippen LogP contribution in [-0.4, -0.2) is 54.5 Å². The van der Waals surface area contributed by atoms with Gasteiger partial charge in [-0.05, 0) is 55.2 Å². The van der Waals surface area contributed by atoms with Gasteiger partial charge in [0.2, 0.25) is 11.8 Å². The number of methoxy groups -OCH3 is 1. The van der Waals surface area contributed by atoms with Crippen molar-refractivity contribution < 1.29 is 18.7 Å². The summed E-state index contributed by atoms with van der Waals surface area (Å²) in [7, 11) is 1.63. The second-order valence-electron chi connectivity index (χ2n) is 7.82. The molecule has 0 aromatic heterocycles. The van der Waals surface area contributed by atoms with E-state index in [4.69, 9.17) is 4.74 Å². The fraction of sp³-hybridized carbons (Fsp3) is 0.417. The Morgan fingerprint density at radius 3 is 2.52 bits per heavy atom. The van der Waals surface area contributed by atoms with Gasteiger partial charge in [-0.2, -0.15) is 0 Å². The van der Waals surface area contributed by atoms with Crippen molar-refractivity contribution in [3.05, 3.63) is 65.5 Å². The highest BCUT2D eigenvalue weighted by atomic mass is 32.2. The van der Waals surface area contributed by atoms with Crippen LogP contribution >= 0.6 is 11.8 Å². The molecule has 1 aliphatic rings. The number of carbonyl (C=O) groups is 2. The van der Waals surface area contributed by atoms with E-state index in [1.165, 1.54) is 23.9 Å². The SMILES string of the molecule is COc1ccc(CCNC(=O)CSCC(=O)N2CC(c3ccc(F)cc3)CC2C)cc1. The molecule has 0 bridgehead atoms. The first-order valence-corrected chi connectivity index (χ1v) is 11.6. The molecule has 166 valence electrons. The number of ether oxygens (including phenoxy) is 1. The maximum absolute atomic E-state index is 13.1. The minimum absolute atomic E-state index is 0.0492. The van der Waals surface area contributed by atoms with Gasteiger partial charge < -0.3 is 15.0 Å². The predicted molar refractivity (Wildman–Crippen MR) is 122 cm³/mol. The van der Waals surface area contributed by atoms with Crippen molar-refractivity contribution in [2.75, 3.05) is 31.7 Å². The summed E-state index contributed by atoms with van der Waals surface area (Å²) in [6, 6.07) is 14.4. The summed E-state index contributed by atoms with van der Waals surface area (Å²) in [5.41, 5.74) is 2.19. The van der Waals surface area contributed by atoms with Gasteiger partial charge in [0.25, 0.3) is 0 Å². The fourth-order valence-corrected chi connectivity index (χ4v) is 4.59. The fourth-order valence-electron chi connectivity index (χ4n) is 3.86. The minimum Gasteiger partial charge on any atom is -0.497 e. The quantitative estimate of drug-likeness (QED) is 0.642. The highest BCUT2D eigenvalue weighted by Crippen LogP contribution is 2.32. The van der Waals surface area contributed by atoms with E-state index in [1.807, 2.05) is 36.1 Å². The second-order valence-corrected chi connectivity index (χ2v) is 8.81. The van der Waals surface area contributed by atoms with Gasteiger partial charge in [0.15, 0.2) is 0 Å². The number of likely N-dealkylation sites (tertiary alicyclic amines) is 1. The minimum atomic E-state index is -0.249. The molecule has 0 spiro atoms. The van der Waals surface area contributed by atoms with Crippen molar-refractivity contribution in [1.29, 1.82) is 0 Å². The molecule has 0 saturated carbocycles. The van der Waals surface area contributed by atoms with Crippen molar-refractivity contribution in [2.45, 2.75) is 31.7 Å². The number of amides is 2. The Hall–Kier alpha value is -2.54. The lowest BCUT2D eigenvalue weighted by atomic mass is 9.97. The van der Waals surface area contributed by atoms with Crippen LogP contribution in [0.25, 0.3) is 0 Å². The van der Waals surface area contributed by atoms with Gasteiger partial charge in [-0.15, -0.1) is 11.8 Å². The van der Waals surface area contributed by atoms with Crippen LogP contribution in [0, 0.1) is 5.82 Å². The molecular weight excluding hydrogens is 415 g/mol. The maximum atomic E-state index is 13.1.